The zero-order valence-corrected chi connectivity index (χ0v) is 19.7. The Kier molecular flexibility index (Phi) is 7.07. The van der Waals surface area contributed by atoms with Gasteiger partial charge in [0.25, 0.3) is 0 Å². The van der Waals surface area contributed by atoms with Crippen LogP contribution in [0.15, 0.2) is 58.8 Å². The number of aryl methyl sites for hydroxylation is 1. The molecular weight excluding hydrogens is 450 g/mol. The van der Waals surface area contributed by atoms with E-state index in [0.29, 0.717) is 16.5 Å². The molecule has 0 aliphatic carbocycles. The third kappa shape index (κ3) is 5.21. The first kappa shape index (κ1) is 23.6. The van der Waals surface area contributed by atoms with E-state index in [9.17, 15) is 18.0 Å². The fourth-order valence-electron chi connectivity index (χ4n) is 2.88. The fourth-order valence-corrected chi connectivity index (χ4v) is 4.70. The number of aromatic nitrogens is 1. The van der Waals surface area contributed by atoms with Crippen LogP contribution in [0.4, 0.5) is 10.8 Å². The maximum atomic E-state index is 12.5. The van der Waals surface area contributed by atoms with E-state index in [1.807, 2.05) is 31.2 Å². The summed E-state index contributed by atoms with van der Waals surface area (Å²) in [7, 11) is -0.831. The molecule has 3 aromatic rings. The molecule has 0 aliphatic rings. The van der Waals surface area contributed by atoms with Crippen LogP contribution in [0.3, 0.4) is 0 Å². The van der Waals surface area contributed by atoms with E-state index < -0.39 is 16.0 Å². The van der Waals surface area contributed by atoms with Gasteiger partial charge in [-0.15, -0.1) is 11.3 Å². The number of carbonyl (C=O) groups is 2. The summed E-state index contributed by atoms with van der Waals surface area (Å²) in [5, 5.41) is 2.18. The summed E-state index contributed by atoms with van der Waals surface area (Å²) in [6.07, 6.45) is 0. The zero-order chi connectivity index (χ0) is 23.5. The van der Waals surface area contributed by atoms with Gasteiger partial charge in [0.15, 0.2) is 5.13 Å². The Morgan fingerprint density at radius 1 is 1.09 bits per heavy atom. The summed E-state index contributed by atoms with van der Waals surface area (Å²) in [5.41, 5.74) is 2.31. The lowest BCUT2D eigenvalue weighted by molar-refractivity contribution is -0.115. The molecule has 168 valence electrons. The Labute approximate surface area is 191 Å². The van der Waals surface area contributed by atoms with Gasteiger partial charge in [-0.2, -0.15) is 0 Å². The predicted octanol–water partition coefficient (Wildman–Crippen LogP) is 3.74. The van der Waals surface area contributed by atoms with Gasteiger partial charge >= 0.3 is 5.97 Å². The zero-order valence-electron chi connectivity index (χ0n) is 18.1. The van der Waals surface area contributed by atoms with E-state index >= 15 is 0 Å². The monoisotopic (exact) mass is 473 g/mol. The highest BCUT2D eigenvalue weighted by Gasteiger charge is 2.21. The minimum Gasteiger partial charge on any atom is -0.456 e. The topological polar surface area (TPSA) is 96.9 Å². The molecule has 0 spiro atoms. The Hall–Kier alpha value is -3.08. The Balaban J connectivity index is 1.74. The van der Waals surface area contributed by atoms with Gasteiger partial charge in [0, 0.05) is 26.4 Å². The second-order valence-electron chi connectivity index (χ2n) is 7.21. The number of hydrogen-bond acceptors (Lipinski definition) is 7. The number of amides is 1. The van der Waals surface area contributed by atoms with Crippen molar-refractivity contribution in [3.05, 3.63) is 70.7 Å². The van der Waals surface area contributed by atoms with Crippen molar-refractivity contribution in [2.24, 2.45) is 0 Å². The number of rotatable bonds is 7. The van der Waals surface area contributed by atoms with Crippen LogP contribution in [0.5, 0.6) is 0 Å². The van der Waals surface area contributed by atoms with Crippen LogP contribution in [0, 0.1) is 6.92 Å². The fraction of sp³-hybridized carbons (Fsp3) is 0.227. The van der Waals surface area contributed by atoms with Crippen molar-refractivity contribution >= 4 is 44.1 Å². The summed E-state index contributed by atoms with van der Waals surface area (Å²) in [6.45, 7) is 3.28. The molecule has 8 nitrogen and oxygen atoms in total. The Bertz CT molecular complexity index is 1250. The van der Waals surface area contributed by atoms with Crippen molar-refractivity contribution in [2.45, 2.75) is 25.3 Å². The van der Waals surface area contributed by atoms with Crippen molar-refractivity contribution < 1.29 is 22.7 Å². The molecule has 0 radical (unpaired) electrons. The lowest BCUT2D eigenvalue weighted by atomic mass is 10.2. The standard InChI is InChI=1S/C22H23N3O5S2/c1-15-7-5-9-19(11-15)25(16(2)26)22-23-18(14-31-22)13-30-21(27)17-8-6-10-20(12-17)32(28,29)24(3)4/h5-12,14H,13H2,1-4H3. The second-order valence-corrected chi connectivity index (χ2v) is 10.2. The third-order valence-electron chi connectivity index (χ3n) is 4.51. The van der Waals surface area contributed by atoms with Gasteiger partial charge in [0.05, 0.1) is 21.8 Å². The van der Waals surface area contributed by atoms with Gasteiger partial charge in [-0.1, -0.05) is 18.2 Å². The van der Waals surface area contributed by atoms with Gasteiger partial charge in [0.1, 0.15) is 6.61 Å². The van der Waals surface area contributed by atoms with Gasteiger partial charge in [-0.25, -0.2) is 22.5 Å². The van der Waals surface area contributed by atoms with E-state index in [0.717, 1.165) is 9.87 Å². The smallest absolute Gasteiger partial charge is 0.338 e. The molecule has 0 atom stereocenters. The first-order valence-corrected chi connectivity index (χ1v) is 11.9. The Morgan fingerprint density at radius 3 is 2.47 bits per heavy atom. The lowest BCUT2D eigenvalue weighted by Crippen LogP contribution is -2.22. The predicted molar refractivity (Wildman–Crippen MR) is 123 cm³/mol. The molecule has 1 amide bonds. The van der Waals surface area contributed by atoms with Crippen LogP contribution in [0.1, 0.15) is 28.5 Å². The number of thiazole rings is 1. The number of benzene rings is 2. The molecule has 2 aromatic carbocycles. The largest absolute Gasteiger partial charge is 0.456 e. The molecule has 10 heteroatoms. The molecule has 0 unspecified atom stereocenters. The number of esters is 1. The highest BCUT2D eigenvalue weighted by molar-refractivity contribution is 7.89. The van der Waals surface area contributed by atoms with E-state index in [1.54, 1.807) is 5.38 Å². The molecular formula is C22H23N3O5S2. The quantitative estimate of drug-likeness (QED) is 0.485. The van der Waals surface area contributed by atoms with Crippen molar-refractivity contribution in [3.8, 4) is 0 Å². The van der Waals surface area contributed by atoms with Crippen LogP contribution < -0.4 is 4.90 Å². The Morgan fingerprint density at radius 2 is 1.81 bits per heavy atom. The molecule has 0 bridgehead atoms. The van der Waals surface area contributed by atoms with Gasteiger partial charge in [0.2, 0.25) is 15.9 Å². The van der Waals surface area contributed by atoms with Crippen LogP contribution in [0.25, 0.3) is 0 Å². The first-order valence-electron chi connectivity index (χ1n) is 9.61. The number of sulfonamides is 1. The van der Waals surface area contributed by atoms with Crippen LogP contribution in [0.2, 0.25) is 0 Å². The summed E-state index contributed by atoms with van der Waals surface area (Å²) in [5.74, 6) is -0.857. The van der Waals surface area contributed by atoms with E-state index in [2.05, 4.69) is 4.98 Å². The van der Waals surface area contributed by atoms with Crippen molar-refractivity contribution in [2.75, 3.05) is 19.0 Å². The van der Waals surface area contributed by atoms with E-state index in [4.69, 9.17) is 4.74 Å². The van der Waals surface area contributed by atoms with Gasteiger partial charge in [-0.3, -0.25) is 9.69 Å². The molecule has 0 aliphatic heterocycles. The number of nitrogens with zero attached hydrogens (tertiary/aromatic N) is 3. The average Bonchev–Trinajstić information content (AvgIpc) is 3.20. The van der Waals surface area contributed by atoms with Gasteiger partial charge in [-0.05, 0) is 42.8 Å². The third-order valence-corrected chi connectivity index (χ3v) is 7.19. The van der Waals surface area contributed by atoms with Crippen molar-refractivity contribution in [1.29, 1.82) is 0 Å². The van der Waals surface area contributed by atoms with E-state index in [-0.39, 0.29) is 23.0 Å². The van der Waals surface area contributed by atoms with Crippen LogP contribution in [-0.4, -0.2) is 43.7 Å². The van der Waals surface area contributed by atoms with E-state index in [1.165, 1.54) is 61.5 Å². The summed E-state index contributed by atoms with van der Waals surface area (Å²) in [4.78, 5) is 30.6. The number of hydrogen-bond donors (Lipinski definition) is 0. The maximum Gasteiger partial charge on any atom is 0.338 e. The summed E-state index contributed by atoms with van der Waals surface area (Å²) in [6, 6.07) is 13.2. The summed E-state index contributed by atoms with van der Waals surface area (Å²) >= 11 is 1.26. The average molecular weight is 474 g/mol. The molecule has 0 fully saturated rings. The number of ether oxygens (including phenoxy) is 1. The first-order chi connectivity index (χ1) is 15.1. The molecule has 0 saturated carbocycles. The minimum atomic E-state index is -3.67. The molecule has 0 saturated heterocycles. The van der Waals surface area contributed by atoms with Crippen molar-refractivity contribution in [3.63, 3.8) is 0 Å². The molecule has 32 heavy (non-hydrogen) atoms. The maximum absolute atomic E-state index is 12.5. The normalized spacial score (nSPS) is 11.4. The van der Waals surface area contributed by atoms with Crippen LogP contribution in [-0.2, 0) is 26.2 Å². The minimum absolute atomic E-state index is 0.00292. The van der Waals surface area contributed by atoms with Crippen LogP contribution >= 0.6 is 11.3 Å². The number of carbonyl (C=O) groups excluding carboxylic acids is 2. The second kappa shape index (κ2) is 9.60. The molecule has 3 rings (SSSR count). The molecule has 0 N–H and O–H groups in total. The lowest BCUT2D eigenvalue weighted by Gasteiger charge is -2.18. The summed E-state index contributed by atoms with van der Waals surface area (Å²) < 4.78 is 30.9. The molecule has 1 heterocycles. The highest BCUT2D eigenvalue weighted by atomic mass is 32.2. The van der Waals surface area contributed by atoms with Crippen molar-refractivity contribution in [1.82, 2.24) is 9.29 Å². The van der Waals surface area contributed by atoms with Gasteiger partial charge < -0.3 is 4.74 Å². The number of anilines is 2. The molecule has 1 aromatic heterocycles. The highest BCUT2D eigenvalue weighted by Crippen LogP contribution is 2.29. The SMILES string of the molecule is CC(=O)N(c1cccc(C)c1)c1nc(COC(=O)c2cccc(S(=O)(=O)N(C)C)c2)cs1.